The van der Waals surface area contributed by atoms with Gasteiger partial charge in [-0.1, -0.05) is 60.7 Å². The normalized spacial score (nSPS) is 15.6. The predicted molar refractivity (Wildman–Crippen MR) is 243 cm³/mol. The fraction of sp³-hybridized carbons (Fsp3) is 0.320. The van der Waals surface area contributed by atoms with Crippen LogP contribution in [0.5, 0.6) is 11.5 Å². The Kier molecular flexibility index (Phi) is 18.5. The van der Waals surface area contributed by atoms with E-state index >= 15 is 0 Å². The number of carboxylic acid groups (broad SMARTS) is 1. The van der Waals surface area contributed by atoms with Crippen LogP contribution in [-0.4, -0.2) is 99.2 Å². The number of para-hydroxylation sites is 2. The fourth-order valence-corrected chi connectivity index (χ4v) is 7.41. The Morgan fingerprint density at radius 3 is 1.54 bits per heavy atom. The van der Waals surface area contributed by atoms with Crippen molar-refractivity contribution < 1.29 is 24.2 Å². The van der Waals surface area contributed by atoms with E-state index in [1.807, 2.05) is 121 Å². The molecule has 0 spiro atoms. The molecule has 13 nitrogen and oxygen atoms in total. The average Bonchev–Trinajstić information content (AvgIpc) is 3.35. The molecule has 2 aliphatic heterocycles. The second-order valence-corrected chi connectivity index (χ2v) is 15.4. The van der Waals surface area contributed by atoms with Crippen molar-refractivity contribution in [2.75, 3.05) is 52.5 Å². The summed E-state index contributed by atoms with van der Waals surface area (Å²) in [5.74, 6) is 1.06. The van der Waals surface area contributed by atoms with E-state index in [1.54, 1.807) is 37.2 Å². The minimum atomic E-state index is -0.657. The van der Waals surface area contributed by atoms with Gasteiger partial charge in [-0.2, -0.15) is 0 Å². The third-order valence-corrected chi connectivity index (χ3v) is 11.1. The summed E-state index contributed by atoms with van der Waals surface area (Å²) >= 11 is 0. The highest BCUT2D eigenvalue weighted by molar-refractivity contribution is 5.79. The number of aliphatic carboxylic acids is 1. The van der Waals surface area contributed by atoms with Crippen molar-refractivity contribution in [2.24, 2.45) is 17.6 Å². The number of rotatable bonds is 15. The summed E-state index contributed by atoms with van der Waals surface area (Å²) < 4.78 is 11.4. The van der Waals surface area contributed by atoms with Crippen molar-refractivity contribution in [3.05, 3.63) is 181 Å². The molecular weight excluding hydrogens is 793 g/mol. The molecule has 2 atom stereocenters. The molecule has 2 aliphatic rings. The lowest BCUT2D eigenvalue weighted by molar-refractivity contribution is -0.143. The molecule has 2 unspecified atom stereocenters. The van der Waals surface area contributed by atoms with Gasteiger partial charge in [0, 0.05) is 56.2 Å². The molecule has 2 fully saturated rings. The maximum absolute atomic E-state index is 13.1. The van der Waals surface area contributed by atoms with Crippen LogP contribution in [0.1, 0.15) is 60.3 Å². The number of nitrogens with zero attached hydrogens (tertiary/aromatic N) is 6. The van der Waals surface area contributed by atoms with Gasteiger partial charge in [0.05, 0.1) is 29.4 Å². The van der Waals surface area contributed by atoms with E-state index in [0.717, 1.165) is 99.0 Å². The molecule has 6 aromatic rings. The van der Waals surface area contributed by atoms with Gasteiger partial charge >= 0.3 is 5.97 Å². The van der Waals surface area contributed by atoms with Crippen LogP contribution in [0.4, 0.5) is 0 Å². The van der Waals surface area contributed by atoms with Gasteiger partial charge in [0.25, 0.3) is 0 Å². The van der Waals surface area contributed by atoms with E-state index < -0.39 is 5.97 Å². The van der Waals surface area contributed by atoms with Gasteiger partial charge in [-0.15, -0.1) is 0 Å². The molecule has 0 saturated carbocycles. The van der Waals surface area contributed by atoms with E-state index in [-0.39, 0.29) is 29.8 Å². The van der Waals surface area contributed by atoms with E-state index in [9.17, 15) is 9.59 Å². The van der Waals surface area contributed by atoms with Gasteiger partial charge in [-0.05, 0) is 124 Å². The summed E-state index contributed by atoms with van der Waals surface area (Å²) in [5, 5.41) is 12.1. The Morgan fingerprint density at radius 2 is 1.08 bits per heavy atom. The molecular formula is C50H58N8O5. The number of pyridine rings is 4. The quantitative estimate of drug-likeness (QED) is 0.0984. The number of carbonyl (C=O) groups is 2. The van der Waals surface area contributed by atoms with Gasteiger partial charge in [-0.25, -0.2) is 0 Å². The van der Waals surface area contributed by atoms with E-state index in [0.29, 0.717) is 13.2 Å². The van der Waals surface area contributed by atoms with Crippen molar-refractivity contribution in [1.29, 1.82) is 0 Å². The Morgan fingerprint density at radius 1 is 0.603 bits per heavy atom. The molecule has 1 amide bonds. The minimum absolute atomic E-state index is 0.00850. The first-order valence-electron chi connectivity index (χ1n) is 21.6. The largest absolute Gasteiger partial charge is 0.492 e. The van der Waals surface area contributed by atoms with Crippen LogP contribution in [0.25, 0.3) is 0 Å². The maximum atomic E-state index is 13.1. The van der Waals surface area contributed by atoms with Crippen LogP contribution in [0.3, 0.4) is 0 Å². The maximum Gasteiger partial charge on any atom is 0.306 e. The second kappa shape index (κ2) is 25.4. The van der Waals surface area contributed by atoms with Gasteiger partial charge in [0.1, 0.15) is 24.7 Å². The summed E-state index contributed by atoms with van der Waals surface area (Å²) in [6.07, 6.45) is 13.7. The first-order chi connectivity index (χ1) is 30.9. The molecule has 4 aromatic heterocycles. The molecule has 0 radical (unpaired) electrons. The van der Waals surface area contributed by atoms with Crippen LogP contribution in [-0.2, 0) is 9.59 Å². The van der Waals surface area contributed by atoms with Crippen molar-refractivity contribution in [2.45, 2.75) is 37.8 Å². The molecule has 6 heterocycles. The third kappa shape index (κ3) is 15.4. The highest BCUT2D eigenvalue weighted by Crippen LogP contribution is 2.24. The van der Waals surface area contributed by atoms with Crippen molar-refractivity contribution in [1.82, 2.24) is 35.1 Å². The molecule has 0 bridgehead atoms. The summed E-state index contributed by atoms with van der Waals surface area (Å²) in [6.45, 7) is 6.56. The number of carboxylic acids is 1. The number of carbonyl (C=O) groups excluding carboxylic acids is 1. The van der Waals surface area contributed by atoms with Gasteiger partial charge in [0.2, 0.25) is 5.91 Å². The number of piperidine rings is 2. The number of hydrogen-bond donors (Lipinski definition) is 3. The number of ether oxygens (including phenoxy) is 2. The van der Waals surface area contributed by atoms with Gasteiger partial charge < -0.3 is 25.6 Å². The number of likely N-dealkylation sites (tertiary alicyclic amines) is 2. The summed E-state index contributed by atoms with van der Waals surface area (Å²) in [5.41, 5.74) is 9.61. The Bertz CT molecular complexity index is 2080. The minimum Gasteiger partial charge on any atom is -0.492 e. The molecule has 8 rings (SSSR count). The van der Waals surface area contributed by atoms with Gasteiger partial charge in [-0.3, -0.25) is 39.3 Å². The smallest absolute Gasteiger partial charge is 0.306 e. The lowest BCUT2D eigenvalue weighted by atomic mass is 9.94. The lowest BCUT2D eigenvalue weighted by Crippen LogP contribution is -2.43. The summed E-state index contributed by atoms with van der Waals surface area (Å²) in [4.78, 5) is 45.4. The van der Waals surface area contributed by atoms with Gasteiger partial charge in [0.15, 0.2) is 0 Å². The zero-order chi connectivity index (χ0) is 43.9. The zero-order valence-corrected chi connectivity index (χ0v) is 35.6. The van der Waals surface area contributed by atoms with Crippen molar-refractivity contribution in [3.63, 3.8) is 0 Å². The zero-order valence-electron chi connectivity index (χ0n) is 35.6. The van der Waals surface area contributed by atoms with E-state index in [4.69, 9.17) is 20.3 Å². The second-order valence-electron chi connectivity index (χ2n) is 15.4. The van der Waals surface area contributed by atoms with Crippen LogP contribution >= 0.6 is 0 Å². The van der Waals surface area contributed by atoms with Crippen molar-refractivity contribution >= 4 is 11.9 Å². The number of amides is 1. The number of nitrogens with one attached hydrogen (secondary N) is 1. The first kappa shape index (κ1) is 46.0. The van der Waals surface area contributed by atoms with Crippen LogP contribution in [0.2, 0.25) is 0 Å². The molecule has 4 N–H and O–H groups in total. The molecule has 13 heteroatoms. The highest BCUT2D eigenvalue weighted by atomic mass is 16.5. The monoisotopic (exact) mass is 850 g/mol. The van der Waals surface area contributed by atoms with E-state index in [2.05, 4.69) is 35.1 Å². The number of aromatic nitrogens is 4. The number of nitrogens with two attached hydrogens (primary N) is 1. The number of hydrogen-bond acceptors (Lipinski definition) is 11. The molecule has 328 valence electrons. The van der Waals surface area contributed by atoms with Crippen LogP contribution in [0, 0.1) is 11.8 Å². The predicted octanol–water partition coefficient (Wildman–Crippen LogP) is 6.86. The lowest BCUT2D eigenvalue weighted by Gasteiger charge is -2.32. The standard InChI is InChI=1S/C25H28N4O2.C14H19NO3.C11H11N3/c30-25(28-24(21-7-6-13-26-19-21)23-10-4-5-14-27-23)20-11-15-29(16-12-20)17-18-31-22-8-2-1-3-9-22;16-14(17)12-6-8-15(9-7-12)10-11-18-13-4-2-1-3-5-13;12-11(9-4-3-6-13-8-9)10-5-1-2-7-14-10/h1-10,13-14,19-20,24H,11-12,15-18H2,(H,28,30);1-5,12H,6-11H2,(H,16,17);1-8,11H,12H2. The highest BCUT2D eigenvalue weighted by Gasteiger charge is 2.28. The first-order valence-corrected chi connectivity index (χ1v) is 21.6. The topological polar surface area (TPSA) is 169 Å². The van der Waals surface area contributed by atoms with Crippen molar-refractivity contribution in [3.8, 4) is 11.5 Å². The molecule has 63 heavy (non-hydrogen) atoms. The van der Waals surface area contributed by atoms with Crippen LogP contribution < -0.4 is 20.5 Å². The summed E-state index contributed by atoms with van der Waals surface area (Å²) in [7, 11) is 0. The van der Waals surface area contributed by atoms with Crippen LogP contribution in [0.15, 0.2) is 159 Å². The third-order valence-electron chi connectivity index (χ3n) is 11.1. The number of benzene rings is 2. The Balaban J connectivity index is 0.000000174. The molecule has 2 saturated heterocycles. The molecule has 2 aromatic carbocycles. The molecule has 0 aliphatic carbocycles. The fourth-order valence-electron chi connectivity index (χ4n) is 7.41. The summed E-state index contributed by atoms with van der Waals surface area (Å²) in [6, 6.07) is 38.3. The Hall–Kier alpha value is -6.54. The SMILES string of the molecule is NC(c1cccnc1)c1ccccn1.O=C(NC(c1cccnc1)c1ccccn1)C1CCN(CCOc2ccccc2)CC1.O=C(O)C1CCN(CCOc2ccccc2)CC1. The van der Waals surface area contributed by atoms with E-state index in [1.165, 1.54) is 0 Å². The Labute approximate surface area is 370 Å². The average molecular weight is 851 g/mol.